The number of esters is 1. The molecule has 0 fully saturated rings. The smallest absolute Gasteiger partial charge is 0.338 e. The Hall–Kier alpha value is -1.06. The predicted molar refractivity (Wildman–Crippen MR) is 71.4 cm³/mol. The Morgan fingerprint density at radius 3 is 2.44 bits per heavy atom. The molecule has 0 radical (unpaired) electrons. The molecule has 0 bridgehead atoms. The van der Waals surface area contributed by atoms with Crippen molar-refractivity contribution in [3.05, 3.63) is 34.9 Å². The molecule has 0 heterocycles. The summed E-state index contributed by atoms with van der Waals surface area (Å²) in [6.45, 7) is 2.00. The highest BCUT2D eigenvalue weighted by atomic mass is 35.5. The lowest BCUT2D eigenvalue weighted by molar-refractivity contribution is -0.116. The monoisotopic (exact) mass is 288 g/mol. The summed E-state index contributed by atoms with van der Waals surface area (Å²) in [5.41, 5.74) is 1.65. The zero-order valence-electron chi connectivity index (χ0n) is 10.0. The average Bonchev–Trinajstić information content (AvgIpc) is 2.38. The standard InChI is InChI=1S/C13H14Cl2O3/c1-2-18-13(17)12-9(6-11(16)8-15)4-3-5-10(12)7-14/h3-5H,2,6-8H2,1H3. The topological polar surface area (TPSA) is 43.4 Å². The summed E-state index contributed by atoms with van der Waals surface area (Å²) in [4.78, 5) is 23.3. The highest BCUT2D eigenvalue weighted by molar-refractivity contribution is 6.27. The van der Waals surface area contributed by atoms with Crippen LogP contribution in [0, 0.1) is 0 Å². The molecule has 0 aliphatic heterocycles. The maximum absolute atomic E-state index is 11.9. The van der Waals surface area contributed by atoms with Crippen molar-refractivity contribution in [1.29, 1.82) is 0 Å². The van der Waals surface area contributed by atoms with Crippen molar-refractivity contribution in [2.24, 2.45) is 0 Å². The van der Waals surface area contributed by atoms with Crippen LogP contribution >= 0.6 is 23.2 Å². The highest BCUT2D eigenvalue weighted by Gasteiger charge is 2.18. The third-order valence-corrected chi connectivity index (χ3v) is 2.98. The van der Waals surface area contributed by atoms with Crippen LogP contribution in [0.5, 0.6) is 0 Å². The van der Waals surface area contributed by atoms with E-state index in [0.29, 0.717) is 16.7 Å². The molecule has 0 unspecified atom stereocenters. The molecule has 0 spiro atoms. The van der Waals surface area contributed by atoms with Crippen LogP contribution in [0.25, 0.3) is 0 Å². The number of carbonyl (C=O) groups excluding carboxylic acids is 2. The van der Waals surface area contributed by atoms with Gasteiger partial charge in [0.15, 0.2) is 5.78 Å². The first-order chi connectivity index (χ1) is 8.63. The minimum Gasteiger partial charge on any atom is -0.462 e. The van der Waals surface area contributed by atoms with Gasteiger partial charge in [-0.25, -0.2) is 4.79 Å². The van der Waals surface area contributed by atoms with Gasteiger partial charge in [0.1, 0.15) is 0 Å². The molecule has 0 saturated carbocycles. The number of rotatable bonds is 6. The Balaban J connectivity index is 3.15. The fourth-order valence-electron chi connectivity index (χ4n) is 1.64. The van der Waals surface area contributed by atoms with Gasteiger partial charge in [0.05, 0.1) is 18.1 Å². The molecular weight excluding hydrogens is 275 g/mol. The van der Waals surface area contributed by atoms with Crippen molar-refractivity contribution in [3.8, 4) is 0 Å². The van der Waals surface area contributed by atoms with Gasteiger partial charge in [-0.15, -0.1) is 23.2 Å². The van der Waals surface area contributed by atoms with E-state index in [-0.39, 0.29) is 30.6 Å². The molecule has 3 nitrogen and oxygen atoms in total. The first-order valence-corrected chi connectivity index (χ1v) is 6.62. The van der Waals surface area contributed by atoms with Gasteiger partial charge in [-0.3, -0.25) is 4.79 Å². The number of carbonyl (C=O) groups is 2. The number of hydrogen-bond acceptors (Lipinski definition) is 3. The number of ketones is 1. The Labute approximate surface area is 116 Å². The summed E-state index contributed by atoms with van der Waals surface area (Å²) in [7, 11) is 0. The summed E-state index contributed by atoms with van der Waals surface area (Å²) < 4.78 is 4.98. The molecule has 0 aromatic heterocycles. The number of ether oxygens (including phenoxy) is 1. The Bertz CT molecular complexity index is 444. The van der Waals surface area contributed by atoms with E-state index in [2.05, 4.69) is 0 Å². The largest absolute Gasteiger partial charge is 0.462 e. The summed E-state index contributed by atoms with van der Waals surface area (Å²) in [6, 6.07) is 5.22. The molecule has 0 aliphatic rings. The van der Waals surface area contributed by atoms with Gasteiger partial charge in [-0.1, -0.05) is 18.2 Å². The molecule has 0 amide bonds. The second-order valence-corrected chi connectivity index (χ2v) is 4.19. The van der Waals surface area contributed by atoms with E-state index in [1.165, 1.54) is 0 Å². The third-order valence-electron chi connectivity index (χ3n) is 2.40. The van der Waals surface area contributed by atoms with Crippen LogP contribution in [0.2, 0.25) is 0 Å². The second-order valence-electron chi connectivity index (χ2n) is 3.65. The van der Waals surface area contributed by atoms with E-state index in [9.17, 15) is 9.59 Å². The number of hydrogen-bond donors (Lipinski definition) is 0. The van der Waals surface area contributed by atoms with Crippen LogP contribution in [0.4, 0.5) is 0 Å². The molecule has 18 heavy (non-hydrogen) atoms. The van der Waals surface area contributed by atoms with Crippen LogP contribution in [0.3, 0.4) is 0 Å². The lowest BCUT2D eigenvalue weighted by Crippen LogP contribution is -2.14. The summed E-state index contributed by atoms with van der Waals surface area (Å²) >= 11 is 11.3. The maximum atomic E-state index is 11.9. The minimum absolute atomic E-state index is 0.0760. The number of alkyl halides is 2. The number of benzene rings is 1. The molecule has 1 aromatic rings. The molecule has 98 valence electrons. The van der Waals surface area contributed by atoms with Crippen LogP contribution in [0.1, 0.15) is 28.4 Å². The fraction of sp³-hybridized carbons (Fsp3) is 0.385. The number of Topliss-reactive ketones (excluding diaryl/α,β-unsaturated/α-hetero) is 1. The first-order valence-electron chi connectivity index (χ1n) is 5.55. The van der Waals surface area contributed by atoms with Gasteiger partial charge < -0.3 is 4.74 Å². The quantitative estimate of drug-likeness (QED) is 0.597. The van der Waals surface area contributed by atoms with Crippen LogP contribution in [-0.2, 0) is 21.8 Å². The fourth-order valence-corrected chi connectivity index (χ4v) is 1.95. The van der Waals surface area contributed by atoms with Crippen LogP contribution in [0.15, 0.2) is 18.2 Å². The Morgan fingerprint density at radius 1 is 1.22 bits per heavy atom. The third kappa shape index (κ3) is 3.72. The Kier molecular flexibility index (Phi) is 6.16. The molecule has 0 atom stereocenters. The first kappa shape index (κ1) is 15.0. The van der Waals surface area contributed by atoms with Crippen molar-refractivity contribution >= 4 is 35.0 Å². The Morgan fingerprint density at radius 2 is 1.89 bits per heavy atom. The number of halogens is 2. The summed E-state index contributed by atoms with van der Waals surface area (Å²) in [5.74, 6) is -0.482. The highest BCUT2D eigenvalue weighted by Crippen LogP contribution is 2.19. The van der Waals surface area contributed by atoms with Crippen molar-refractivity contribution in [1.82, 2.24) is 0 Å². The lowest BCUT2D eigenvalue weighted by Gasteiger charge is -2.11. The van der Waals surface area contributed by atoms with Crippen LogP contribution < -0.4 is 0 Å². The van der Waals surface area contributed by atoms with Gasteiger partial charge in [-0.2, -0.15) is 0 Å². The zero-order valence-corrected chi connectivity index (χ0v) is 11.6. The predicted octanol–water partition coefficient (Wildman–Crippen LogP) is 2.95. The van der Waals surface area contributed by atoms with E-state index in [4.69, 9.17) is 27.9 Å². The second kappa shape index (κ2) is 7.39. The van der Waals surface area contributed by atoms with Crippen molar-refractivity contribution in [2.45, 2.75) is 19.2 Å². The molecule has 0 saturated heterocycles. The van der Waals surface area contributed by atoms with E-state index in [1.54, 1.807) is 25.1 Å². The normalized spacial score (nSPS) is 10.2. The zero-order chi connectivity index (χ0) is 13.5. The lowest BCUT2D eigenvalue weighted by atomic mass is 9.98. The van der Waals surface area contributed by atoms with Gasteiger partial charge in [0, 0.05) is 12.3 Å². The maximum Gasteiger partial charge on any atom is 0.338 e. The van der Waals surface area contributed by atoms with E-state index >= 15 is 0 Å². The van der Waals surface area contributed by atoms with Crippen LogP contribution in [-0.4, -0.2) is 24.2 Å². The molecule has 1 rings (SSSR count). The van der Waals surface area contributed by atoms with Gasteiger partial charge in [0.2, 0.25) is 0 Å². The molecule has 5 heteroatoms. The van der Waals surface area contributed by atoms with E-state index < -0.39 is 5.97 Å². The van der Waals surface area contributed by atoms with Gasteiger partial charge >= 0.3 is 5.97 Å². The van der Waals surface area contributed by atoms with Gasteiger partial charge in [-0.05, 0) is 18.1 Å². The van der Waals surface area contributed by atoms with E-state index in [1.807, 2.05) is 0 Å². The van der Waals surface area contributed by atoms with E-state index in [0.717, 1.165) is 0 Å². The average molecular weight is 289 g/mol. The molecule has 0 N–H and O–H groups in total. The molecule has 1 aromatic carbocycles. The summed E-state index contributed by atoms with van der Waals surface area (Å²) in [5, 5.41) is 0. The van der Waals surface area contributed by atoms with Gasteiger partial charge in [0.25, 0.3) is 0 Å². The molecule has 0 aliphatic carbocycles. The van der Waals surface area contributed by atoms with Crippen molar-refractivity contribution in [2.75, 3.05) is 12.5 Å². The minimum atomic E-state index is -0.453. The SMILES string of the molecule is CCOC(=O)c1c(CCl)cccc1CC(=O)CCl. The summed E-state index contributed by atoms with van der Waals surface area (Å²) in [6.07, 6.45) is 0.113. The van der Waals surface area contributed by atoms with Crippen molar-refractivity contribution < 1.29 is 14.3 Å². The molecular formula is C13H14Cl2O3. The van der Waals surface area contributed by atoms with Crippen molar-refractivity contribution in [3.63, 3.8) is 0 Å².